The lowest BCUT2D eigenvalue weighted by atomic mass is 10.1. The summed E-state index contributed by atoms with van der Waals surface area (Å²) in [5.41, 5.74) is 3.55. The second kappa shape index (κ2) is 11.8. The molecule has 0 saturated carbocycles. The maximum atomic E-state index is 12.0. The van der Waals surface area contributed by atoms with E-state index >= 15 is 0 Å². The van der Waals surface area contributed by atoms with Crippen molar-refractivity contribution in [3.05, 3.63) is 59.1 Å². The molecule has 0 spiro atoms. The number of aryl methyl sites for hydroxylation is 1. The van der Waals surface area contributed by atoms with Gasteiger partial charge in [0, 0.05) is 48.5 Å². The first-order valence-corrected chi connectivity index (χ1v) is 9.97. The lowest BCUT2D eigenvalue weighted by Gasteiger charge is -2.14. The molecule has 0 bridgehead atoms. The molecule has 31 heavy (non-hydrogen) atoms. The van der Waals surface area contributed by atoms with Crippen LogP contribution in [-0.4, -0.2) is 63.4 Å². The Kier molecular flexibility index (Phi) is 9.17. The fourth-order valence-corrected chi connectivity index (χ4v) is 3.07. The minimum Gasteiger partial charge on any atom is -0.497 e. The number of amides is 1. The lowest BCUT2D eigenvalue weighted by Crippen LogP contribution is -2.30. The van der Waals surface area contributed by atoms with Crippen molar-refractivity contribution < 1.29 is 18.7 Å². The quantitative estimate of drug-likeness (QED) is 0.606. The Hall–Kier alpha value is -3.23. The van der Waals surface area contributed by atoms with Crippen LogP contribution in [0.5, 0.6) is 5.75 Å². The first-order chi connectivity index (χ1) is 15.0. The summed E-state index contributed by atoms with van der Waals surface area (Å²) >= 11 is 0. The molecule has 4 rings (SSSR count). The molecular weight excluding hydrogens is 396 g/mol. The van der Waals surface area contributed by atoms with Crippen molar-refractivity contribution in [2.75, 3.05) is 41.3 Å². The van der Waals surface area contributed by atoms with Gasteiger partial charge in [0.15, 0.2) is 12.0 Å². The largest absolute Gasteiger partial charge is 0.497 e. The van der Waals surface area contributed by atoms with Crippen molar-refractivity contribution in [3.63, 3.8) is 0 Å². The summed E-state index contributed by atoms with van der Waals surface area (Å²) in [5, 5.41) is 6.67. The molecule has 0 atom stereocenters. The number of carbonyl (C=O) groups is 2. The molecule has 1 aliphatic rings. The normalized spacial score (nSPS) is 11.9. The molecule has 0 unspecified atom stereocenters. The van der Waals surface area contributed by atoms with Crippen molar-refractivity contribution in [2.45, 2.75) is 13.5 Å². The number of aromatic nitrogens is 1. The molecule has 2 N–H and O–H groups in total. The molecule has 0 saturated heterocycles. The Morgan fingerprint density at radius 1 is 1.23 bits per heavy atom. The Bertz CT molecular complexity index is 1020. The zero-order valence-electron chi connectivity index (χ0n) is 18.7. The number of carbonyl (C=O) groups excluding carboxylic acids is 2. The SMILES string of the molecule is CNC.CNCCN1Cc2ccc(OC)cc2C1=O.Cc1cncc2cc(C=O)oc12. The van der Waals surface area contributed by atoms with E-state index in [1.807, 2.05) is 51.2 Å². The zero-order valence-corrected chi connectivity index (χ0v) is 18.7. The van der Waals surface area contributed by atoms with Crippen molar-refractivity contribution in [3.8, 4) is 5.75 Å². The molecule has 8 nitrogen and oxygen atoms in total. The Balaban J connectivity index is 0.000000201. The minimum absolute atomic E-state index is 0.101. The van der Waals surface area contributed by atoms with Gasteiger partial charge in [0.1, 0.15) is 11.3 Å². The zero-order chi connectivity index (χ0) is 22.8. The molecule has 0 aliphatic carbocycles. The highest BCUT2D eigenvalue weighted by molar-refractivity contribution is 5.98. The molecular formula is C23H30N4O4. The van der Waals surface area contributed by atoms with Gasteiger partial charge in [-0.05, 0) is 51.8 Å². The van der Waals surface area contributed by atoms with Crippen LogP contribution in [0, 0.1) is 6.92 Å². The highest BCUT2D eigenvalue weighted by atomic mass is 16.5. The Labute approximate surface area is 182 Å². The first kappa shape index (κ1) is 24.0. The van der Waals surface area contributed by atoms with Gasteiger partial charge in [0.2, 0.25) is 0 Å². The average molecular weight is 427 g/mol. The van der Waals surface area contributed by atoms with E-state index in [-0.39, 0.29) is 5.91 Å². The third kappa shape index (κ3) is 6.13. The number of furan rings is 1. The number of nitrogens with zero attached hydrogens (tertiary/aromatic N) is 2. The van der Waals surface area contributed by atoms with Gasteiger partial charge >= 0.3 is 0 Å². The number of hydrogen-bond donors (Lipinski definition) is 2. The number of ether oxygens (including phenoxy) is 1. The third-order valence-corrected chi connectivity index (χ3v) is 4.56. The van der Waals surface area contributed by atoms with Crippen LogP contribution < -0.4 is 15.4 Å². The molecule has 166 valence electrons. The van der Waals surface area contributed by atoms with E-state index in [1.54, 1.807) is 25.6 Å². The molecule has 3 heterocycles. The summed E-state index contributed by atoms with van der Waals surface area (Å²) in [6.07, 6.45) is 4.08. The molecule has 3 aromatic rings. The maximum Gasteiger partial charge on any atom is 0.254 e. The van der Waals surface area contributed by atoms with Crippen LogP contribution in [-0.2, 0) is 6.54 Å². The number of rotatable bonds is 5. The standard InChI is InChI=1S/C12H16N2O2.C9H7NO2.C2H7N/c1-13-5-6-14-8-9-3-4-10(16-2)7-11(9)12(14)15;1-6-3-10-4-7-2-8(5-11)12-9(6)7;1-3-2/h3-4,7,13H,5-6,8H2,1-2H3;2-5H,1H3;3H,1-2H3. The van der Waals surface area contributed by atoms with Gasteiger partial charge in [-0.3, -0.25) is 14.6 Å². The summed E-state index contributed by atoms with van der Waals surface area (Å²) in [4.78, 5) is 28.2. The first-order valence-electron chi connectivity index (χ1n) is 9.97. The third-order valence-electron chi connectivity index (χ3n) is 4.56. The minimum atomic E-state index is 0.101. The lowest BCUT2D eigenvalue weighted by molar-refractivity contribution is 0.0780. The molecule has 1 amide bonds. The predicted molar refractivity (Wildman–Crippen MR) is 121 cm³/mol. The Morgan fingerprint density at radius 2 is 1.97 bits per heavy atom. The van der Waals surface area contributed by atoms with Gasteiger partial charge < -0.3 is 24.7 Å². The number of pyridine rings is 1. The van der Waals surface area contributed by atoms with Crippen LogP contribution >= 0.6 is 0 Å². The monoisotopic (exact) mass is 426 g/mol. The molecule has 0 fully saturated rings. The van der Waals surface area contributed by atoms with E-state index in [2.05, 4.69) is 15.6 Å². The van der Waals surface area contributed by atoms with Gasteiger partial charge in [-0.2, -0.15) is 0 Å². The predicted octanol–water partition coefficient (Wildman–Crippen LogP) is 2.65. The number of fused-ring (bicyclic) bond motifs is 2. The average Bonchev–Trinajstić information content (AvgIpc) is 3.35. The smallest absolute Gasteiger partial charge is 0.254 e. The highest BCUT2D eigenvalue weighted by Gasteiger charge is 2.26. The maximum absolute atomic E-state index is 12.0. The van der Waals surface area contributed by atoms with Gasteiger partial charge in [-0.1, -0.05) is 6.07 Å². The van der Waals surface area contributed by atoms with Crippen LogP contribution in [0.3, 0.4) is 0 Å². The second-order valence-corrected chi connectivity index (χ2v) is 6.99. The molecule has 1 aromatic carbocycles. The number of aldehydes is 1. The number of methoxy groups -OCH3 is 1. The van der Waals surface area contributed by atoms with E-state index in [9.17, 15) is 9.59 Å². The van der Waals surface area contributed by atoms with Crippen LogP contribution in [0.1, 0.15) is 32.0 Å². The fraction of sp³-hybridized carbons (Fsp3) is 0.348. The van der Waals surface area contributed by atoms with Crippen LogP contribution in [0.4, 0.5) is 0 Å². The van der Waals surface area contributed by atoms with E-state index in [0.717, 1.165) is 46.5 Å². The number of hydrogen-bond acceptors (Lipinski definition) is 7. The van der Waals surface area contributed by atoms with Gasteiger partial charge in [0.05, 0.1) is 7.11 Å². The number of nitrogens with one attached hydrogen (secondary N) is 2. The Morgan fingerprint density at radius 3 is 2.58 bits per heavy atom. The van der Waals surface area contributed by atoms with Crippen molar-refractivity contribution in [1.29, 1.82) is 0 Å². The van der Waals surface area contributed by atoms with Crippen molar-refractivity contribution >= 4 is 23.2 Å². The highest BCUT2D eigenvalue weighted by Crippen LogP contribution is 2.26. The molecule has 0 radical (unpaired) electrons. The molecule has 1 aliphatic heterocycles. The van der Waals surface area contributed by atoms with Crippen LogP contribution in [0.15, 0.2) is 41.1 Å². The van der Waals surface area contributed by atoms with E-state index in [1.165, 1.54) is 0 Å². The summed E-state index contributed by atoms with van der Waals surface area (Å²) < 4.78 is 10.4. The fourth-order valence-electron chi connectivity index (χ4n) is 3.07. The van der Waals surface area contributed by atoms with E-state index < -0.39 is 0 Å². The van der Waals surface area contributed by atoms with Crippen LogP contribution in [0.25, 0.3) is 11.0 Å². The van der Waals surface area contributed by atoms with Crippen LogP contribution in [0.2, 0.25) is 0 Å². The van der Waals surface area contributed by atoms with E-state index in [4.69, 9.17) is 9.15 Å². The van der Waals surface area contributed by atoms with Gasteiger partial charge in [-0.15, -0.1) is 0 Å². The summed E-state index contributed by atoms with van der Waals surface area (Å²) in [6, 6.07) is 7.36. The molecule has 2 aromatic heterocycles. The second-order valence-electron chi connectivity index (χ2n) is 6.99. The number of benzene rings is 1. The molecule has 8 heteroatoms. The van der Waals surface area contributed by atoms with Gasteiger partial charge in [-0.25, -0.2) is 0 Å². The van der Waals surface area contributed by atoms with Gasteiger partial charge in [0.25, 0.3) is 5.91 Å². The van der Waals surface area contributed by atoms with Crippen molar-refractivity contribution in [1.82, 2.24) is 20.5 Å². The summed E-state index contributed by atoms with van der Waals surface area (Å²) in [6.45, 7) is 4.16. The van der Waals surface area contributed by atoms with Crippen molar-refractivity contribution in [2.24, 2.45) is 0 Å². The summed E-state index contributed by atoms with van der Waals surface area (Å²) in [5.74, 6) is 1.19. The topological polar surface area (TPSA) is 96.7 Å². The summed E-state index contributed by atoms with van der Waals surface area (Å²) in [7, 11) is 7.25. The number of likely N-dealkylation sites (N-methyl/N-ethyl adjacent to an activating group) is 1. The van der Waals surface area contributed by atoms with E-state index in [0.29, 0.717) is 18.6 Å².